The first-order valence-corrected chi connectivity index (χ1v) is 9.54. The van der Waals surface area contributed by atoms with Crippen LogP contribution in [0.5, 0.6) is 5.75 Å². The fraction of sp³-hybridized carbons (Fsp3) is 0.208. The Morgan fingerprint density at radius 2 is 1.61 bits per heavy atom. The number of amides is 1. The van der Waals surface area contributed by atoms with E-state index in [0.717, 1.165) is 24.3 Å². The molecule has 3 aromatic carbocycles. The number of hydrogen-bond donors (Lipinski definition) is 1. The molecule has 1 fully saturated rings. The maximum absolute atomic E-state index is 13.2. The first-order valence-electron chi connectivity index (χ1n) is 9.54. The van der Waals surface area contributed by atoms with Crippen molar-refractivity contribution in [1.82, 2.24) is 4.90 Å². The highest BCUT2D eigenvalue weighted by atomic mass is 16.3. The lowest BCUT2D eigenvalue weighted by atomic mass is 9.99. The molecule has 4 heteroatoms. The van der Waals surface area contributed by atoms with Gasteiger partial charge in [0.05, 0.1) is 12.6 Å². The van der Waals surface area contributed by atoms with Crippen LogP contribution in [-0.2, 0) is 11.3 Å². The van der Waals surface area contributed by atoms with Gasteiger partial charge in [0.1, 0.15) is 5.75 Å². The molecule has 1 amide bonds. The molecule has 1 saturated heterocycles. The molecule has 1 N–H and O–H groups in total. The van der Waals surface area contributed by atoms with E-state index in [9.17, 15) is 9.90 Å². The fourth-order valence-electron chi connectivity index (χ4n) is 3.77. The summed E-state index contributed by atoms with van der Waals surface area (Å²) in [6, 6.07) is 25.4. The second kappa shape index (κ2) is 7.87. The monoisotopic (exact) mass is 372 g/mol. The minimum Gasteiger partial charge on any atom is -0.508 e. The maximum Gasteiger partial charge on any atom is 0.241 e. The van der Waals surface area contributed by atoms with Gasteiger partial charge in [0.25, 0.3) is 0 Å². The topological polar surface area (TPSA) is 43.8 Å². The lowest BCUT2D eigenvalue weighted by Crippen LogP contribution is -2.52. The predicted octanol–water partition coefficient (Wildman–Crippen LogP) is 4.29. The number of phenolic OH excluding ortho intramolecular Hbond substituents is 1. The number of benzene rings is 3. The summed E-state index contributed by atoms with van der Waals surface area (Å²) in [5.74, 6) is 0.268. The number of piperazine rings is 1. The molecular weight excluding hydrogens is 348 g/mol. The lowest BCUT2D eigenvalue weighted by molar-refractivity contribution is -0.122. The van der Waals surface area contributed by atoms with Gasteiger partial charge >= 0.3 is 0 Å². The SMILES string of the molecule is Cc1ccc([C@@H]2CN(Cc3ccccc3)CC(=O)N2c2ccc(O)cc2)cc1. The average molecular weight is 372 g/mol. The van der Waals surface area contributed by atoms with Crippen molar-refractivity contribution in [3.05, 3.63) is 95.6 Å². The zero-order chi connectivity index (χ0) is 19.5. The number of nitrogens with zero attached hydrogens (tertiary/aromatic N) is 2. The van der Waals surface area contributed by atoms with E-state index in [0.29, 0.717) is 6.54 Å². The molecule has 4 rings (SSSR count). The van der Waals surface area contributed by atoms with Gasteiger partial charge in [0.2, 0.25) is 5.91 Å². The summed E-state index contributed by atoms with van der Waals surface area (Å²) in [5.41, 5.74) is 4.33. The van der Waals surface area contributed by atoms with Crippen LogP contribution in [0.3, 0.4) is 0 Å². The van der Waals surface area contributed by atoms with Crippen LogP contribution < -0.4 is 4.90 Å². The van der Waals surface area contributed by atoms with E-state index in [2.05, 4.69) is 48.2 Å². The molecule has 28 heavy (non-hydrogen) atoms. The van der Waals surface area contributed by atoms with E-state index in [4.69, 9.17) is 0 Å². The Morgan fingerprint density at radius 3 is 2.29 bits per heavy atom. The minimum atomic E-state index is -0.0740. The Hall–Kier alpha value is -3.11. The molecule has 0 aliphatic carbocycles. The van der Waals surface area contributed by atoms with E-state index in [1.165, 1.54) is 11.1 Å². The number of carbonyl (C=O) groups is 1. The van der Waals surface area contributed by atoms with Crippen molar-refractivity contribution in [3.63, 3.8) is 0 Å². The van der Waals surface area contributed by atoms with Crippen molar-refractivity contribution in [1.29, 1.82) is 0 Å². The van der Waals surface area contributed by atoms with E-state index < -0.39 is 0 Å². The standard InChI is InChI=1S/C24H24N2O2/c1-18-7-9-20(10-8-18)23-16-25(15-19-5-3-2-4-6-19)17-24(28)26(23)21-11-13-22(27)14-12-21/h2-14,23,27H,15-17H2,1H3/t23-/m0/s1. The van der Waals surface area contributed by atoms with Crippen molar-refractivity contribution >= 4 is 11.6 Å². The van der Waals surface area contributed by atoms with Crippen LogP contribution in [0.2, 0.25) is 0 Å². The molecule has 1 aliphatic rings. The molecule has 1 aliphatic heterocycles. The summed E-state index contributed by atoms with van der Waals surface area (Å²) >= 11 is 0. The third kappa shape index (κ3) is 3.92. The van der Waals surface area contributed by atoms with Crippen LogP contribution in [0.4, 0.5) is 5.69 Å². The molecule has 1 atom stereocenters. The van der Waals surface area contributed by atoms with Crippen molar-refractivity contribution in [2.75, 3.05) is 18.0 Å². The average Bonchev–Trinajstić information content (AvgIpc) is 2.70. The molecule has 0 bridgehead atoms. The molecule has 0 unspecified atom stereocenters. The number of carbonyl (C=O) groups excluding carboxylic acids is 1. The van der Waals surface area contributed by atoms with Crippen LogP contribution in [0.25, 0.3) is 0 Å². The summed E-state index contributed by atoms with van der Waals surface area (Å²) in [6.45, 7) is 3.94. The second-order valence-corrected chi connectivity index (χ2v) is 7.36. The first kappa shape index (κ1) is 18.3. The van der Waals surface area contributed by atoms with Crippen molar-refractivity contribution in [3.8, 4) is 5.75 Å². The van der Waals surface area contributed by atoms with E-state index in [1.807, 2.05) is 23.1 Å². The van der Waals surface area contributed by atoms with Gasteiger partial charge < -0.3 is 10.0 Å². The molecule has 142 valence electrons. The van der Waals surface area contributed by atoms with Gasteiger partial charge in [-0.2, -0.15) is 0 Å². The molecule has 0 aromatic heterocycles. The predicted molar refractivity (Wildman–Crippen MR) is 111 cm³/mol. The van der Waals surface area contributed by atoms with Crippen molar-refractivity contribution in [2.45, 2.75) is 19.5 Å². The molecule has 0 radical (unpaired) electrons. The number of anilines is 1. The highest BCUT2D eigenvalue weighted by Crippen LogP contribution is 2.33. The number of rotatable bonds is 4. The van der Waals surface area contributed by atoms with Crippen molar-refractivity contribution in [2.24, 2.45) is 0 Å². The largest absolute Gasteiger partial charge is 0.508 e. The molecule has 0 spiro atoms. The van der Waals surface area contributed by atoms with Gasteiger partial charge in [-0.15, -0.1) is 0 Å². The van der Waals surface area contributed by atoms with Gasteiger partial charge in [-0.3, -0.25) is 9.69 Å². The third-order valence-corrected chi connectivity index (χ3v) is 5.21. The third-order valence-electron chi connectivity index (χ3n) is 5.21. The quantitative estimate of drug-likeness (QED) is 0.743. The van der Waals surface area contributed by atoms with Gasteiger partial charge in [-0.1, -0.05) is 60.2 Å². The van der Waals surface area contributed by atoms with E-state index >= 15 is 0 Å². The number of hydrogen-bond acceptors (Lipinski definition) is 3. The number of aromatic hydroxyl groups is 1. The maximum atomic E-state index is 13.2. The summed E-state index contributed by atoms with van der Waals surface area (Å²) in [5, 5.41) is 9.63. The lowest BCUT2D eigenvalue weighted by Gasteiger charge is -2.41. The van der Waals surface area contributed by atoms with Crippen LogP contribution in [0, 0.1) is 6.92 Å². The fourth-order valence-corrected chi connectivity index (χ4v) is 3.77. The van der Waals surface area contributed by atoms with E-state index in [-0.39, 0.29) is 17.7 Å². The van der Waals surface area contributed by atoms with Crippen molar-refractivity contribution < 1.29 is 9.90 Å². The number of phenols is 1. The normalized spacial score (nSPS) is 17.7. The Kier molecular flexibility index (Phi) is 5.13. The smallest absolute Gasteiger partial charge is 0.241 e. The second-order valence-electron chi connectivity index (χ2n) is 7.36. The van der Waals surface area contributed by atoms with Gasteiger partial charge in [0, 0.05) is 18.8 Å². The Morgan fingerprint density at radius 1 is 0.929 bits per heavy atom. The Labute approximate surface area is 165 Å². The highest BCUT2D eigenvalue weighted by Gasteiger charge is 2.34. The highest BCUT2D eigenvalue weighted by molar-refractivity contribution is 5.96. The van der Waals surface area contributed by atoms with Gasteiger partial charge in [0.15, 0.2) is 0 Å². The van der Waals surface area contributed by atoms with Crippen LogP contribution in [0.15, 0.2) is 78.9 Å². The van der Waals surface area contributed by atoms with Gasteiger partial charge in [-0.05, 0) is 42.3 Å². The zero-order valence-electron chi connectivity index (χ0n) is 16.0. The molecule has 0 saturated carbocycles. The summed E-state index contributed by atoms with van der Waals surface area (Å²) in [7, 11) is 0. The summed E-state index contributed by atoms with van der Waals surface area (Å²) < 4.78 is 0. The minimum absolute atomic E-state index is 0.0680. The number of aryl methyl sites for hydroxylation is 1. The van der Waals surface area contributed by atoms with Crippen LogP contribution >= 0.6 is 0 Å². The van der Waals surface area contributed by atoms with Gasteiger partial charge in [-0.25, -0.2) is 0 Å². The first-order chi connectivity index (χ1) is 13.6. The molecule has 3 aromatic rings. The Bertz CT molecular complexity index is 937. The van der Waals surface area contributed by atoms with Crippen LogP contribution in [-0.4, -0.2) is 29.0 Å². The van der Waals surface area contributed by atoms with Crippen LogP contribution in [0.1, 0.15) is 22.7 Å². The van der Waals surface area contributed by atoms with E-state index in [1.54, 1.807) is 24.3 Å². The summed E-state index contributed by atoms with van der Waals surface area (Å²) in [4.78, 5) is 17.2. The molecule has 1 heterocycles. The Balaban J connectivity index is 1.66. The molecule has 4 nitrogen and oxygen atoms in total. The molecular formula is C24H24N2O2. The summed E-state index contributed by atoms with van der Waals surface area (Å²) in [6.07, 6.45) is 0. The zero-order valence-corrected chi connectivity index (χ0v) is 16.0.